The quantitative estimate of drug-likeness (QED) is 0.675. The Bertz CT molecular complexity index is 391. The molecule has 0 spiro atoms. The summed E-state index contributed by atoms with van der Waals surface area (Å²) in [6.45, 7) is 5.19. The summed E-state index contributed by atoms with van der Waals surface area (Å²) in [4.78, 5) is 0. The third-order valence-electron chi connectivity index (χ3n) is 8.42. The molecule has 20 heavy (non-hydrogen) atoms. The Morgan fingerprint density at radius 1 is 0.850 bits per heavy atom. The summed E-state index contributed by atoms with van der Waals surface area (Å²) in [7, 11) is 0. The molecule has 4 aliphatic carbocycles. The van der Waals surface area contributed by atoms with Gasteiger partial charge in [-0.1, -0.05) is 20.3 Å². The summed E-state index contributed by atoms with van der Waals surface area (Å²) in [6.07, 6.45) is 13.8. The molecular formula is C19H32O. The molecule has 114 valence electrons. The van der Waals surface area contributed by atoms with Crippen molar-refractivity contribution in [1.82, 2.24) is 0 Å². The first-order chi connectivity index (χ1) is 9.53. The first-order valence-corrected chi connectivity index (χ1v) is 9.21. The summed E-state index contributed by atoms with van der Waals surface area (Å²) in [6, 6.07) is 0. The molecule has 4 saturated carbocycles. The van der Waals surface area contributed by atoms with Gasteiger partial charge >= 0.3 is 0 Å². The van der Waals surface area contributed by atoms with Gasteiger partial charge in [-0.15, -0.1) is 0 Å². The molecule has 1 N–H and O–H groups in total. The number of hydrogen-bond acceptors (Lipinski definition) is 1. The zero-order valence-electron chi connectivity index (χ0n) is 13.4. The van der Waals surface area contributed by atoms with Gasteiger partial charge in [0.2, 0.25) is 0 Å². The minimum Gasteiger partial charge on any atom is -0.393 e. The van der Waals surface area contributed by atoms with Gasteiger partial charge in [-0.2, -0.15) is 0 Å². The summed E-state index contributed by atoms with van der Waals surface area (Å²) >= 11 is 0. The average Bonchev–Trinajstić information content (AvgIpc) is 2.81. The van der Waals surface area contributed by atoms with Crippen LogP contribution in [-0.2, 0) is 0 Å². The molecule has 4 fully saturated rings. The first-order valence-electron chi connectivity index (χ1n) is 9.21. The standard InChI is InChI=1S/C19H32O/c1-18-9-3-4-16(18)15-6-5-13-12-14(20)7-11-19(13,2)17(15)8-10-18/h13-17,20H,3-12H2,1-2H3/t13-,14-,15+,16?,17?,18+,19+/m0/s1. The zero-order valence-corrected chi connectivity index (χ0v) is 13.4. The molecule has 4 rings (SSSR count). The van der Waals surface area contributed by atoms with Gasteiger partial charge in [0.25, 0.3) is 0 Å². The van der Waals surface area contributed by atoms with E-state index in [2.05, 4.69) is 13.8 Å². The number of aliphatic hydroxyl groups is 1. The lowest BCUT2D eigenvalue weighted by Crippen LogP contribution is -2.53. The van der Waals surface area contributed by atoms with E-state index in [1.54, 1.807) is 0 Å². The minimum atomic E-state index is 0.00459. The molecule has 2 unspecified atom stereocenters. The van der Waals surface area contributed by atoms with Gasteiger partial charge in [0.05, 0.1) is 6.10 Å². The fourth-order valence-electron chi connectivity index (χ4n) is 7.23. The molecular weight excluding hydrogens is 244 g/mol. The van der Waals surface area contributed by atoms with Crippen molar-refractivity contribution in [2.75, 3.05) is 0 Å². The fraction of sp³-hybridized carbons (Fsp3) is 1.00. The fourth-order valence-corrected chi connectivity index (χ4v) is 7.23. The maximum Gasteiger partial charge on any atom is 0.0543 e. The molecule has 0 bridgehead atoms. The molecule has 0 aromatic heterocycles. The van der Waals surface area contributed by atoms with Crippen molar-refractivity contribution < 1.29 is 5.11 Å². The van der Waals surface area contributed by atoms with Crippen LogP contribution in [0.15, 0.2) is 0 Å². The second-order valence-electron chi connectivity index (χ2n) is 9.17. The highest BCUT2D eigenvalue weighted by Crippen LogP contribution is 2.66. The molecule has 0 heterocycles. The molecule has 0 saturated heterocycles. The topological polar surface area (TPSA) is 20.2 Å². The maximum absolute atomic E-state index is 10.0. The molecule has 1 heteroatoms. The van der Waals surface area contributed by atoms with Gasteiger partial charge in [-0.25, -0.2) is 0 Å². The van der Waals surface area contributed by atoms with Gasteiger partial charge in [-0.3, -0.25) is 0 Å². The van der Waals surface area contributed by atoms with Gasteiger partial charge in [-0.05, 0) is 92.3 Å². The zero-order chi connectivity index (χ0) is 14.0. The summed E-state index contributed by atoms with van der Waals surface area (Å²) in [5.41, 5.74) is 1.25. The lowest BCUT2D eigenvalue weighted by atomic mass is 9.45. The van der Waals surface area contributed by atoms with Crippen molar-refractivity contribution in [3.63, 3.8) is 0 Å². The van der Waals surface area contributed by atoms with E-state index >= 15 is 0 Å². The lowest BCUT2D eigenvalue weighted by molar-refractivity contribution is -0.120. The molecule has 0 aromatic carbocycles. The van der Waals surface area contributed by atoms with Crippen LogP contribution in [0, 0.1) is 34.5 Å². The molecule has 7 atom stereocenters. The Kier molecular flexibility index (Phi) is 3.05. The largest absolute Gasteiger partial charge is 0.393 e. The van der Waals surface area contributed by atoms with Crippen LogP contribution in [0.1, 0.15) is 78.1 Å². The predicted octanol–water partition coefficient (Wildman–Crippen LogP) is 4.78. The van der Waals surface area contributed by atoms with Crippen LogP contribution in [0.5, 0.6) is 0 Å². The van der Waals surface area contributed by atoms with Crippen LogP contribution in [0.25, 0.3) is 0 Å². The average molecular weight is 276 g/mol. The summed E-state index contributed by atoms with van der Waals surface area (Å²) < 4.78 is 0. The highest BCUT2D eigenvalue weighted by Gasteiger charge is 2.57. The SMILES string of the molecule is C[C@]12CCCC1[C@H]1CC[C@H]3C[C@@H](O)CC[C@@]3(C)C1CC2. The second-order valence-corrected chi connectivity index (χ2v) is 9.17. The van der Waals surface area contributed by atoms with E-state index in [4.69, 9.17) is 0 Å². The lowest BCUT2D eigenvalue weighted by Gasteiger charge is -2.60. The summed E-state index contributed by atoms with van der Waals surface area (Å²) in [5.74, 6) is 3.85. The van der Waals surface area contributed by atoms with Crippen LogP contribution in [-0.4, -0.2) is 11.2 Å². The molecule has 0 aromatic rings. The Balaban J connectivity index is 1.62. The molecule has 4 aliphatic rings. The van der Waals surface area contributed by atoms with E-state index in [0.717, 1.165) is 36.5 Å². The predicted molar refractivity (Wildman–Crippen MR) is 82.4 cm³/mol. The first kappa shape index (κ1) is 13.6. The highest BCUT2D eigenvalue weighted by atomic mass is 16.3. The maximum atomic E-state index is 10.0. The van der Waals surface area contributed by atoms with Crippen LogP contribution in [0.3, 0.4) is 0 Å². The number of aliphatic hydroxyl groups excluding tert-OH is 1. The minimum absolute atomic E-state index is 0.00459. The van der Waals surface area contributed by atoms with E-state index in [1.165, 1.54) is 51.4 Å². The second kappa shape index (κ2) is 4.48. The molecule has 0 radical (unpaired) electrons. The van der Waals surface area contributed by atoms with Gasteiger partial charge in [0, 0.05) is 0 Å². The smallest absolute Gasteiger partial charge is 0.0543 e. The third-order valence-corrected chi connectivity index (χ3v) is 8.42. The molecule has 0 amide bonds. The molecule has 0 aliphatic heterocycles. The third kappa shape index (κ3) is 1.77. The number of rotatable bonds is 0. The highest BCUT2D eigenvalue weighted by molar-refractivity contribution is 5.07. The monoisotopic (exact) mass is 276 g/mol. The Hall–Kier alpha value is -0.0400. The Labute approximate surface area is 124 Å². The Morgan fingerprint density at radius 3 is 2.55 bits per heavy atom. The van der Waals surface area contributed by atoms with Crippen molar-refractivity contribution in [3.8, 4) is 0 Å². The van der Waals surface area contributed by atoms with E-state index < -0.39 is 0 Å². The Morgan fingerprint density at radius 2 is 1.70 bits per heavy atom. The summed E-state index contributed by atoms with van der Waals surface area (Å²) in [5, 5.41) is 10.0. The van der Waals surface area contributed by atoms with Crippen molar-refractivity contribution in [3.05, 3.63) is 0 Å². The normalized spacial score (nSPS) is 58.6. The van der Waals surface area contributed by atoms with Crippen molar-refractivity contribution >= 4 is 0 Å². The van der Waals surface area contributed by atoms with Crippen molar-refractivity contribution in [2.45, 2.75) is 84.2 Å². The van der Waals surface area contributed by atoms with E-state index in [0.29, 0.717) is 10.8 Å². The van der Waals surface area contributed by atoms with E-state index in [1.807, 2.05) is 0 Å². The van der Waals surface area contributed by atoms with Crippen LogP contribution >= 0.6 is 0 Å². The number of fused-ring (bicyclic) bond motifs is 5. The van der Waals surface area contributed by atoms with Crippen molar-refractivity contribution in [1.29, 1.82) is 0 Å². The van der Waals surface area contributed by atoms with E-state index in [-0.39, 0.29) is 6.10 Å². The van der Waals surface area contributed by atoms with E-state index in [9.17, 15) is 5.11 Å². The van der Waals surface area contributed by atoms with Crippen molar-refractivity contribution in [2.24, 2.45) is 34.5 Å². The van der Waals surface area contributed by atoms with Gasteiger partial charge in [0.1, 0.15) is 0 Å². The molecule has 1 nitrogen and oxygen atoms in total. The van der Waals surface area contributed by atoms with Gasteiger partial charge < -0.3 is 5.11 Å². The van der Waals surface area contributed by atoms with Crippen LogP contribution < -0.4 is 0 Å². The van der Waals surface area contributed by atoms with Crippen LogP contribution in [0.2, 0.25) is 0 Å². The van der Waals surface area contributed by atoms with Gasteiger partial charge in [0.15, 0.2) is 0 Å². The number of hydrogen-bond donors (Lipinski definition) is 1. The van der Waals surface area contributed by atoms with Crippen LogP contribution in [0.4, 0.5) is 0 Å².